The van der Waals surface area contributed by atoms with Gasteiger partial charge in [-0.25, -0.2) is 8.42 Å². The number of sulfonamides is 1. The maximum Gasteiger partial charge on any atom is 0.271 e. The number of benzene rings is 2. The van der Waals surface area contributed by atoms with E-state index in [1.165, 1.54) is 23.1 Å². The molecule has 0 saturated carbocycles. The number of aryl methyl sites for hydroxylation is 1. The predicted molar refractivity (Wildman–Crippen MR) is 130 cm³/mol. The summed E-state index contributed by atoms with van der Waals surface area (Å²) in [7, 11) is -3.97. The number of carbonyl (C=O) groups excluding carboxylic acids is 2. The summed E-state index contributed by atoms with van der Waals surface area (Å²) in [4.78, 5) is 37.9. The maximum absolute atomic E-state index is 13.4. The first kappa shape index (κ1) is 26.8. The largest absolute Gasteiger partial charge is 0.352 e. The zero-order valence-corrected chi connectivity index (χ0v) is 20.7. The Morgan fingerprint density at radius 2 is 1.71 bits per heavy atom. The number of non-ortho nitro benzene ring substituents is 1. The molecule has 184 valence electrons. The molecule has 34 heavy (non-hydrogen) atoms. The minimum atomic E-state index is -3.97. The molecule has 0 saturated heterocycles. The topological polar surface area (TPSA) is 130 Å². The zero-order valence-electron chi connectivity index (χ0n) is 19.9. The van der Waals surface area contributed by atoms with Crippen molar-refractivity contribution in [3.05, 3.63) is 69.8 Å². The van der Waals surface area contributed by atoms with Gasteiger partial charge in [-0.05, 0) is 39.3 Å². The number of rotatable bonds is 10. The van der Waals surface area contributed by atoms with Crippen molar-refractivity contribution in [3.63, 3.8) is 0 Å². The molecule has 2 aromatic carbocycles. The van der Waals surface area contributed by atoms with Crippen molar-refractivity contribution in [2.75, 3.05) is 17.1 Å². The third-order valence-electron chi connectivity index (χ3n) is 5.08. The molecule has 2 aromatic rings. The number of carbonyl (C=O) groups is 2. The first-order valence-corrected chi connectivity index (χ1v) is 12.5. The van der Waals surface area contributed by atoms with Crippen LogP contribution in [0.4, 0.5) is 11.4 Å². The smallest absolute Gasteiger partial charge is 0.271 e. The lowest BCUT2D eigenvalue weighted by molar-refractivity contribution is -0.384. The van der Waals surface area contributed by atoms with Crippen molar-refractivity contribution in [3.8, 4) is 0 Å². The Hall–Kier alpha value is -3.47. The lowest BCUT2D eigenvalue weighted by Gasteiger charge is -2.31. The van der Waals surface area contributed by atoms with Gasteiger partial charge in [0.1, 0.15) is 12.6 Å². The van der Waals surface area contributed by atoms with Crippen LogP contribution in [0.25, 0.3) is 0 Å². The number of amides is 2. The molecular weight excluding hydrogens is 460 g/mol. The van der Waals surface area contributed by atoms with Crippen molar-refractivity contribution in [1.82, 2.24) is 10.2 Å². The molecule has 0 bridgehead atoms. The highest BCUT2D eigenvalue weighted by Gasteiger charge is 2.30. The molecule has 11 heteroatoms. The molecule has 2 amide bonds. The van der Waals surface area contributed by atoms with Gasteiger partial charge in [-0.2, -0.15) is 0 Å². The number of nitrogens with zero attached hydrogens (tertiary/aromatic N) is 3. The SMILES string of the molecule is Cc1ccc(CN(C(=O)CN(c2cccc([N+](=O)[O-])c2)S(C)(=O)=O)C(C)C(=O)NC(C)C)cc1. The van der Waals surface area contributed by atoms with E-state index >= 15 is 0 Å². The maximum atomic E-state index is 13.4. The molecule has 0 spiro atoms. The molecular formula is C23H30N4O6S. The summed E-state index contributed by atoms with van der Waals surface area (Å²) < 4.78 is 25.8. The van der Waals surface area contributed by atoms with Gasteiger partial charge >= 0.3 is 0 Å². The lowest BCUT2D eigenvalue weighted by Crippen LogP contribution is -2.52. The Bertz CT molecular complexity index is 1150. The normalized spacial score (nSPS) is 12.2. The van der Waals surface area contributed by atoms with Crippen molar-refractivity contribution in [1.29, 1.82) is 0 Å². The minimum absolute atomic E-state index is 0.0142. The quantitative estimate of drug-likeness (QED) is 0.402. The molecule has 0 aliphatic carbocycles. The number of hydrogen-bond donors (Lipinski definition) is 1. The summed E-state index contributed by atoms with van der Waals surface area (Å²) in [6.07, 6.45) is 0.915. The van der Waals surface area contributed by atoms with Gasteiger partial charge in [0.2, 0.25) is 21.8 Å². The zero-order chi connectivity index (χ0) is 25.6. The van der Waals surface area contributed by atoms with Crippen LogP contribution in [0.3, 0.4) is 0 Å². The fourth-order valence-corrected chi connectivity index (χ4v) is 4.09. The second-order valence-electron chi connectivity index (χ2n) is 8.39. The van der Waals surface area contributed by atoms with E-state index in [1.54, 1.807) is 20.8 Å². The highest BCUT2D eigenvalue weighted by atomic mass is 32.2. The van der Waals surface area contributed by atoms with Crippen LogP contribution in [-0.4, -0.2) is 54.9 Å². The Labute approximate surface area is 199 Å². The van der Waals surface area contributed by atoms with Crippen molar-refractivity contribution in [2.24, 2.45) is 0 Å². The summed E-state index contributed by atoms with van der Waals surface area (Å²) in [5.74, 6) is -0.999. The molecule has 1 atom stereocenters. The highest BCUT2D eigenvalue weighted by Crippen LogP contribution is 2.24. The monoisotopic (exact) mass is 490 g/mol. The first-order chi connectivity index (χ1) is 15.8. The summed E-state index contributed by atoms with van der Waals surface area (Å²) >= 11 is 0. The predicted octanol–water partition coefficient (Wildman–Crippen LogP) is 2.61. The molecule has 1 unspecified atom stereocenters. The minimum Gasteiger partial charge on any atom is -0.352 e. The third kappa shape index (κ3) is 7.27. The molecule has 10 nitrogen and oxygen atoms in total. The van der Waals surface area contributed by atoms with Crippen LogP contribution < -0.4 is 9.62 Å². The van der Waals surface area contributed by atoms with Gasteiger partial charge < -0.3 is 10.2 Å². The summed E-state index contributed by atoms with van der Waals surface area (Å²) in [6, 6.07) is 11.4. The van der Waals surface area contributed by atoms with Crippen molar-refractivity contribution in [2.45, 2.75) is 46.3 Å². The van der Waals surface area contributed by atoms with E-state index in [0.29, 0.717) is 0 Å². The van der Waals surface area contributed by atoms with Crippen LogP contribution in [0.15, 0.2) is 48.5 Å². The molecule has 0 fully saturated rings. The van der Waals surface area contributed by atoms with Gasteiger partial charge in [-0.15, -0.1) is 0 Å². The molecule has 0 aromatic heterocycles. The van der Waals surface area contributed by atoms with Gasteiger partial charge in [0.15, 0.2) is 0 Å². The van der Waals surface area contributed by atoms with E-state index in [9.17, 15) is 28.1 Å². The van der Waals surface area contributed by atoms with Crippen LogP contribution in [0, 0.1) is 17.0 Å². The number of nitro groups is 1. The van der Waals surface area contributed by atoms with E-state index in [4.69, 9.17) is 0 Å². The highest BCUT2D eigenvalue weighted by molar-refractivity contribution is 7.92. The Balaban J connectivity index is 2.42. The van der Waals surface area contributed by atoms with Gasteiger partial charge in [0.05, 0.1) is 16.9 Å². The number of anilines is 1. The first-order valence-electron chi connectivity index (χ1n) is 10.7. The van der Waals surface area contributed by atoms with E-state index in [-0.39, 0.29) is 29.9 Å². The van der Waals surface area contributed by atoms with Crippen LogP contribution in [0.1, 0.15) is 31.9 Å². The molecule has 0 aliphatic heterocycles. The lowest BCUT2D eigenvalue weighted by atomic mass is 10.1. The molecule has 2 rings (SSSR count). The van der Waals surface area contributed by atoms with Gasteiger partial charge in [0, 0.05) is 24.7 Å². The van der Waals surface area contributed by atoms with E-state index in [0.717, 1.165) is 27.8 Å². The van der Waals surface area contributed by atoms with Crippen LogP contribution in [-0.2, 0) is 26.2 Å². The summed E-state index contributed by atoms with van der Waals surface area (Å²) in [5.41, 5.74) is 1.48. The Kier molecular flexibility index (Phi) is 8.74. The summed E-state index contributed by atoms with van der Waals surface area (Å²) in [5, 5.41) is 13.9. The van der Waals surface area contributed by atoms with Gasteiger partial charge in [0.25, 0.3) is 5.69 Å². The van der Waals surface area contributed by atoms with Crippen molar-refractivity contribution >= 4 is 33.2 Å². The Morgan fingerprint density at radius 3 is 2.24 bits per heavy atom. The Morgan fingerprint density at radius 1 is 1.09 bits per heavy atom. The standard InChI is InChI=1S/C23H30N4O6S/c1-16(2)24-23(29)18(4)25(14-19-11-9-17(3)10-12-19)22(28)15-26(34(5,32)33)20-7-6-8-21(13-20)27(30)31/h6-13,16,18H,14-15H2,1-5H3,(H,24,29). The van der Waals surface area contributed by atoms with Crippen LogP contribution in [0.5, 0.6) is 0 Å². The van der Waals surface area contributed by atoms with Crippen LogP contribution >= 0.6 is 0 Å². The second kappa shape index (κ2) is 11.1. The molecule has 1 N–H and O–H groups in total. The second-order valence-corrected chi connectivity index (χ2v) is 10.3. The van der Waals surface area contributed by atoms with E-state index in [1.807, 2.05) is 31.2 Å². The average Bonchev–Trinajstić information content (AvgIpc) is 2.75. The number of hydrogen-bond acceptors (Lipinski definition) is 6. The van der Waals surface area contributed by atoms with Crippen LogP contribution in [0.2, 0.25) is 0 Å². The number of nitrogens with one attached hydrogen (secondary N) is 1. The van der Waals surface area contributed by atoms with E-state index < -0.39 is 33.4 Å². The third-order valence-corrected chi connectivity index (χ3v) is 6.22. The van der Waals surface area contributed by atoms with Gasteiger partial charge in [-0.3, -0.25) is 24.0 Å². The fraction of sp³-hybridized carbons (Fsp3) is 0.391. The number of nitro benzene ring substituents is 1. The average molecular weight is 491 g/mol. The van der Waals surface area contributed by atoms with E-state index in [2.05, 4.69) is 5.32 Å². The molecule has 0 radical (unpaired) electrons. The molecule has 0 aliphatic rings. The molecule has 0 heterocycles. The van der Waals surface area contributed by atoms with Crippen molar-refractivity contribution < 1.29 is 22.9 Å². The fourth-order valence-electron chi connectivity index (χ4n) is 3.25. The summed E-state index contributed by atoms with van der Waals surface area (Å²) in [6.45, 7) is 6.55. The van der Waals surface area contributed by atoms with Gasteiger partial charge in [-0.1, -0.05) is 35.9 Å².